The van der Waals surface area contributed by atoms with E-state index in [1.165, 1.54) is 19.5 Å². The van der Waals surface area contributed by atoms with Crippen molar-refractivity contribution < 1.29 is 4.74 Å². The fourth-order valence-electron chi connectivity index (χ4n) is 3.39. The number of rotatable bonds is 1. The van der Waals surface area contributed by atoms with Crippen molar-refractivity contribution in [2.45, 2.75) is 24.5 Å². The summed E-state index contributed by atoms with van der Waals surface area (Å²) in [5.74, 6) is 0. The minimum atomic E-state index is 0.291. The first kappa shape index (κ1) is 11.9. The molecule has 0 aliphatic carbocycles. The van der Waals surface area contributed by atoms with Gasteiger partial charge in [0.1, 0.15) is 0 Å². The highest BCUT2D eigenvalue weighted by molar-refractivity contribution is 4.93. The summed E-state index contributed by atoms with van der Waals surface area (Å²) in [5, 5.41) is 3.37. The lowest BCUT2D eigenvalue weighted by Gasteiger charge is -2.48. The molecule has 0 amide bonds. The van der Waals surface area contributed by atoms with Gasteiger partial charge in [0.2, 0.25) is 0 Å². The number of hydrogen-bond acceptors (Lipinski definition) is 5. The minimum Gasteiger partial charge on any atom is -0.378 e. The molecule has 3 N–H and O–H groups in total. The number of ether oxygens (including phenoxy) is 1. The third-order valence-corrected chi connectivity index (χ3v) is 4.43. The third-order valence-electron chi connectivity index (χ3n) is 4.43. The van der Waals surface area contributed by atoms with Gasteiger partial charge >= 0.3 is 0 Å². The van der Waals surface area contributed by atoms with Crippen molar-refractivity contribution in [3.8, 4) is 0 Å². The SMILES string of the molecule is NC1CNCCC1N1CCN2CCOC[C@H]2C1. The lowest BCUT2D eigenvalue weighted by Crippen LogP contribution is -2.64. The predicted octanol–water partition coefficient (Wildman–Crippen LogP) is -1.31. The van der Waals surface area contributed by atoms with E-state index in [9.17, 15) is 0 Å². The van der Waals surface area contributed by atoms with Crippen LogP contribution in [0, 0.1) is 0 Å². The summed E-state index contributed by atoms with van der Waals surface area (Å²) >= 11 is 0. The zero-order valence-corrected chi connectivity index (χ0v) is 10.5. The van der Waals surface area contributed by atoms with Crippen molar-refractivity contribution in [2.75, 3.05) is 52.5 Å². The first-order valence-electron chi connectivity index (χ1n) is 6.87. The lowest BCUT2D eigenvalue weighted by atomic mass is 9.97. The molecule has 5 nitrogen and oxygen atoms in total. The first-order valence-corrected chi connectivity index (χ1v) is 6.87. The summed E-state index contributed by atoms with van der Waals surface area (Å²) in [6, 6.07) is 1.46. The molecule has 0 spiro atoms. The Hall–Kier alpha value is -0.200. The van der Waals surface area contributed by atoms with Crippen LogP contribution >= 0.6 is 0 Å². The van der Waals surface area contributed by atoms with Crippen LogP contribution < -0.4 is 11.1 Å². The van der Waals surface area contributed by atoms with Crippen LogP contribution in [0.3, 0.4) is 0 Å². The molecular formula is C12H24N4O. The maximum absolute atomic E-state index is 6.23. The highest BCUT2D eigenvalue weighted by Crippen LogP contribution is 2.19. The van der Waals surface area contributed by atoms with E-state index in [4.69, 9.17) is 10.5 Å². The van der Waals surface area contributed by atoms with Crippen LogP contribution in [-0.4, -0.2) is 80.4 Å². The van der Waals surface area contributed by atoms with Gasteiger partial charge in [-0.05, 0) is 13.0 Å². The van der Waals surface area contributed by atoms with E-state index in [1.807, 2.05) is 0 Å². The zero-order chi connectivity index (χ0) is 11.7. The van der Waals surface area contributed by atoms with E-state index in [1.54, 1.807) is 0 Å². The second kappa shape index (κ2) is 5.20. The Morgan fingerprint density at radius 2 is 2.06 bits per heavy atom. The number of nitrogens with two attached hydrogens (primary N) is 1. The summed E-state index contributed by atoms with van der Waals surface area (Å²) in [7, 11) is 0. The number of nitrogens with zero attached hydrogens (tertiary/aromatic N) is 2. The van der Waals surface area contributed by atoms with Gasteiger partial charge < -0.3 is 15.8 Å². The van der Waals surface area contributed by atoms with Crippen molar-refractivity contribution >= 4 is 0 Å². The van der Waals surface area contributed by atoms with Gasteiger partial charge in [-0.25, -0.2) is 0 Å². The molecule has 0 aromatic carbocycles. The zero-order valence-electron chi connectivity index (χ0n) is 10.5. The maximum atomic E-state index is 6.23. The quantitative estimate of drug-likeness (QED) is 0.596. The Morgan fingerprint density at radius 1 is 1.18 bits per heavy atom. The van der Waals surface area contributed by atoms with Crippen LogP contribution in [0.1, 0.15) is 6.42 Å². The van der Waals surface area contributed by atoms with Gasteiger partial charge in [-0.1, -0.05) is 0 Å². The molecule has 2 unspecified atom stereocenters. The Bertz CT molecular complexity index is 263. The normalized spacial score (nSPS) is 41.1. The summed E-state index contributed by atoms with van der Waals surface area (Å²) < 4.78 is 5.59. The Labute approximate surface area is 103 Å². The summed E-state index contributed by atoms with van der Waals surface area (Å²) in [6.07, 6.45) is 1.19. The molecule has 5 heteroatoms. The smallest absolute Gasteiger partial charge is 0.0634 e. The monoisotopic (exact) mass is 240 g/mol. The van der Waals surface area contributed by atoms with Crippen LogP contribution in [0.25, 0.3) is 0 Å². The number of morpholine rings is 1. The number of piperazine rings is 1. The Kier molecular flexibility index (Phi) is 3.63. The molecule has 3 heterocycles. The minimum absolute atomic E-state index is 0.291. The van der Waals surface area contributed by atoms with Gasteiger partial charge in [0.05, 0.1) is 13.2 Å². The predicted molar refractivity (Wildman–Crippen MR) is 67.0 cm³/mol. The average molecular weight is 240 g/mol. The van der Waals surface area contributed by atoms with E-state index < -0.39 is 0 Å². The summed E-state index contributed by atoms with van der Waals surface area (Å²) in [6.45, 7) is 8.49. The highest BCUT2D eigenvalue weighted by atomic mass is 16.5. The number of fused-ring (bicyclic) bond motifs is 1. The van der Waals surface area contributed by atoms with Crippen LogP contribution in [0.4, 0.5) is 0 Å². The fourth-order valence-corrected chi connectivity index (χ4v) is 3.39. The van der Waals surface area contributed by atoms with Gasteiger partial charge in [-0.3, -0.25) is 9.80 Å². The van der Waals surface area contributed by atoms with Crippen molar-refractivity contribution in [3.05, 3.63) is 0 Å². The molecular weight excluding hydrogens is 216 g/mol. The molecule has 0 radical (unpaired) electrons. The number of hydrogen-bond donors (Lipinski definition) is 2. The van der Waals surface area contributed by atoms with Crippen molar-refractivity contribution in [1.82, 2.24) is 15.1 Å². The Balaban J connectivity index is 1.60. The summed E-state index contributed by atoms with van der Waals surface area (Å²) in [5.41, 5.74) is 6.23. The van der Waals surface area contributed by atoms with Gasteiger partial charge in [0.25, 0.3) is 0 Å². The van der Waals surface area contributed by atoms with Crippen molar-refractivity contribution in [2.24, 2.45) is 5.73 Å². The number of piperidine rings is 1. The van der Waals surface area contributed by atoms with Crippen LogP contribution in [0.2, 0.25) is 0 Å². The molecule has 3 rings (SSSR count). The molecule has 0 aromatic heterocycles. The molecule has 3 aliphatic rings. The molecule has 3 saturated heterocycles. The summed E-state index contributed by atoms with van der Waals surface area (Å²) in [4.78, 5) is 5.17. The fraction of sp³-hybridized carbons (Fsp3) is 1.00. The van der Waals surface area contributed by atoms with Crippen LogP contribution in [-0.2, 0) is 4.74 Å². The van der Waals surface area contributed by atoms with E-state index >= 15 is 0 Å². The molecule has 0 saturated carbocycles. The van der Waals surface area contributed by atoms with Gasteiger partial charge in [0.15, 0.2) is 0 Å². The largest absolute Gasteiger partial charge is 0.378 e. The van der Waals surface area contributed by atoms with E-state index in [0.29, 0.717) is 18.1 Å². The van der Waals surface area contributed by atoms with Gasteiger partial charge in [0, 0.05) is 50.8 Å². The maximum Gasteiger partial charge on any atom is 0.0634 e. The standard InChI is InChI=1S/C12H24N4O/c13-11-7-14-2-1-12(11)16-4-3-15-5-6-17-9-10(15)8-16/h10-12,14H,1-9,13H2/t10-,11?,12?/m1/s1. The van der Waals surface area contributed by atoms with Crippen molar-refractivity contribution in [3.63, 3.8) is 0 Å². The van der Waals surface area contributed by atoms with Crippen LogP contribution in [0.5, 0.6) is 0 Å². The first-order chi connectivity index (χ1) is 8.34. The molecule has 3 aliphatic heterocycles. The highest BCUT2D eigenvalue weighted by Gasteiger charge is 2.35. The second-order valence-electron chi connectivity index (χ2n) is 5.48. The Morgan fingerprint density at radius 3 is 2.94 bits per heavy atom. The van der Waals surface area contributed by atoms with Gasteiger partial charge in [-0.2, -0.15) is 0 Å². The molecule has 17 heavy (non-hydrogen) atoms. The topological polar surface area (TPSA) is 53.8 Å². The third kappa shape index (κ3) is 2.48. The van der Waals surface area contributed by atoms with Crippen LogP contribution in [0.15, 0.2) is 0 Å². The van der Waals surface area contributed by atoms with E-state index in [-0.39, 0.29) is 0 Å². The second-order valence-corrected chi connectivity index (χ2v) is 5.48. The van der Waals surface area contributed by atoms with Gasteiger partial charge in [-0.15, -0.1) is 0 Å². The van der Waals surface area contributed by atoms with E-state index in [2.05, 4.69) is 15.1 Å². The molecule has 3 atom stereocenters. The number of nitrogens with one attached hydrogen (secondary N) is 1. The van der Waals surface area contributed by atoms with Crippen molar-refractivity contribution in [1.29, 1.82) is 0 Å². The lowest BCUT2D eigenvalue weighted by molar-refractivity contribution is -0.0569. The average Bonchev–Trinajstić information content (AvgIpc) is 2.39. The molecule has 0 aromatic rings. The molecule has 98 valence electrons. The molecule has 0 bridgehead atoms. The molecule has 3 fully saturated rings. The van der Waals surface area contributed by atoms with E-state index in [0.717, 1.165) is 39.4 Å².